The van der Waals surface area contributed by atoms with Crippen molar-refractivity contribution in [1.82, 2.24) is 0 Å². The van der Waals surface area contributed by atoms with Gasteiger partial charge < -0.3 is 5.73 Å². The first-order chi connectivity index (χ1) is 10.7. The molecule has 1 rings (SSSR count). The Hall–Kier alpha value is 0.0249. The van der Waals surface area contributed by atoms with Crippen LogP contribution in [0.15, 0.2) is 0 Å². The van der Waals surface area contributed by atoms with Crippen molar-refractivity contribution in [3.8, 4) is 0 Å². The maximum Gasteiger partial charge on any atom is 0.131 e. The van der Waals surface area contributed by atoms with Gasteiger partial charge in [0.05, 0.1) is 0 Å². The van der Waals surface area contributed by atoms with E-state index in [1.807, 2.05) is 0 Å². The number of hydrogen-bond acceptors (Lipinski definition) is 1. The molecule has 22 heavy (non-hydrogen) atoms. The third-order valence-corrected chi connectivity index (χ3v) is 5.87. The van der Waals surface area contributed by atoms with Gasteiger partial charge in [-0.25, -0.2) is 0 Å². The Morgan fingerprint density at radius 2 is 1.36 bits per heavy atom. The Morgan fingerprint density at radius 1 is 0.864 bits per heavy atom. The van der Waals surface area contributed by atoms with Gasteiger partial charge in [-0.3, -0.25) is 0 Å². The molecule has 1 aliphatic carbocycles. The van der Waals surface area contributed by atoms with Crippen molar-refractivity contribution in [2.45, 2.75) is 121 Å². The van der Waals surface area contributed by atoms with Gasteiger partial charge in [0.15, 0.2) is 0 Å². The molecule has 0 amide bonds. The highest BCUT2D eigenvalue weighted by molar-refractivity contribution is 6.41. The molecule has 2 heteroatoms. The summed E-state index contributed by atoms with van der Waals surface area (Å²) in [4.78, 5) is 0. The van der Waals surface area contributed by atoms with Crippen LogP contribution in [0.1, 0.15) is 110 Å². The lowest BCUT2D eigenvalue weighted by atomic mass is 9.42. The van der Waals surface area contributed by atoms with Gasteiger partial charge in [0.25, 0.3) is 0 Å². The summed E-state index contributed by atoms with van der Waals surface area (Å²) >= 11 is 0. The Labute approximate surface area is 141 Å². The molecule has 1 nitrogen and oxygen atoms in total. The van der Waals surface area contributed by atoms with E-state index in [2.05, 4.69) is 13.8 Å². The summed E-state index contributed by atoms with van der Waals surface area (Å²) in [6.07, 6.45) is 21.5. The van der Waals surface area contributed by atoms with Gasteiger partial charge in [-0.15, -0.1) is 0 Å². The highest BCUT2D eigenvalue weighted by atomic mass is 14.5. The first kappa shape index (κ1) is 20.1. The quantitative estimate of drug-likeness (QED) is 0.528. The molecule has 1 saturated carbocycles. The van der Waals surface area contributed by atoms with Crippen molar-refractivity contribution in [1.29, 1.82) is 0 Å². The lowest BCUT2D eigenvalue weighted by Crippen LogP contribution is -2.22. The Balaban J connectivity index is 2.54. The second-order valence-corrected chi connectivity index (χ2v) is 8.28. The zero-order chi connectivity index (χ0) is 16.1. The largest absolute Gasteiger partial charge is 0.330 e. The summed E-state index contributed by atoms with van der Waals surface area (Å²) in [5.41, 5.74) is 5.77. The molecule has 0 bridgehead atoms. The zero-order valence-corrected chi connectivity index (χ0v) is 15.7. The van der Waals surface area contributed by atoms with Crippen LogP contribution in [-0.4, -0.2) is 13.8 Å². The average Bonchev–Trinajstić information content (AvgIpc) is 2.56. The molecule has 2 N–H and O–H groups in total. The van der Waals surface area contributed by atoms with Gasteiger partial charge in [-0.05, 0) is 13.0 Å². The van der Waals surface area contributed by atoms with Crippen molar-refractivity contribution >= 4 is 7.28 Å². The molecule has 0 heterocycles. The molecular formula is C20H42BN. The molecule has 0 aliphatic heterocycles. The van der Waals surface area contributed by atoms with Crippen molar-refractivity contribution in [2.75, 3.05) is 6.54 Å². The van der Waals surface area contributed by atoms with Crippen molar-refractivity contribution in [2.24, 2.45) is 5.73 Å². The summed E-state index contributed by atoms with van der Waals surface area (Å²) in [5.74, 6) is 0.929. The maximum absolute atomic E-state index is 5.77. The van der Waals surface area contributed by atoms with Gasteiger partial charge in [0, 0.05) is 0 Å². The van der Waals surface area contributed by atoms with Crippen LogP contribution in [0.5, 0.6) is 0 Å². The molecule has 0 radical (unpaired) electrons. The number of unbranched alkanes of at least 4 members (excludes halogenated alkanes) is 1. The van der Waals surface area contributed by atoms with Gasteiger partial charge >= 0.3 is 0 Å². The Morgan fingerprint density at radius 3 is 1.86 bits per heavy atom. The predicted molar refractivity (Wildman–Crippen MR) is 103 cm³/mol. The lowest BCUT2D eigenvalue weighted by Gasteiger charge is -2.33. The fourth-order valence-electron chi connectivity index (χ4n) is 4.44. The van der Waals surface area contributed by atoms with Crippen LogP contribution in [0.3, 0.4) is 0 Å². The fourth-order valence-corrected chi connectivity index (χ4v) is 4.44. The smallest absolute Gasteiger partial charge is 0.131 e. The van der Waals surface area contributed by atoms with Crippen LogP contribution in [-0.2, 0) is 0 Å². The minimum Gasteiger partial charge on any atom is -0.330 e. The fraction of sp³-hybridized carbons (Fsp3) is 1.00. The van der Waals surface area contributed by atoms with Crippen molar-refractivity contribution in [3.05, 3.63) is 0 Å². The molecule has 130 valence electrons. The van der Waals surface area contributed by atoms with Gasteiger partial charge in [-0.2, -0.15) is 0 Å². The summed E-state index contributed by atoms with van der Waals surface area (Å²) in [5, 5.41) is 0.608. The third kappa shape index (κ3) is 9.23. The molecule has 0 aromatic rings. The van der Waals surface area contributed by atoms with E-state index < -0.39 is 0 Å². The van der Waals surface area contributed by atoms with Gasteiger partial charge in [0.1, 0.15) is 7.28 Å². The summed E-state index contributed by atoms with van der Waals surface area (Å²) < 4.78 is 0. The van der Waals surface area contributed by atoms with Crippen LogP contribution in [0, 0.1) is 0 Å². The standard InChI is InChI=1S/C20H42BN/c1-3-4-14-19(15-13-18-22)21-20(2)16-11-9-7-5-6-8-10-12-17-20/h19,21H,3-18,22H2,1-2H3. The maximum atomic E-state index is 5.77. The van der Waals surface area contributed by atoms with Crippen molar-refractivity contribution < 1.29 is 0 Å². The molecule has 0 saturated heterocycles. The average molecular weight is 307 g/mol. The number of nitrogens with two attached hydrogens (primary N) is 1. The van der Waals surface area contributed by atoms with E-state index in [1.54, 1.807) is 0 Å². The van der Waals surface area contributed by atoms with E-state index in [-0.39, 0.29) is 0 Å². The van der Waals surface area contributed by atoms with Crippen LogP contribution in [0.4, 0.5) is 0 Å². The minimum absolute atomic E-state index is 0.608. The molecule has 1 aliphatic rings. The second-order valence-electron chi connectivity index (χ2n) is 8.28. The first-order valence-electron chi connectivity index (χ1n) is 10.4. The van der Waals surface area contributed by atoms with Crippen LogP contribution in [0.25, 0.3) is 0 Å². The topological polar surface area (TPSA) is 26.0 Å². The summed E-state index contributed by atoms with van der Waals surface area (Å²) in [6.45, 7) is 5.81. The third-order valence-electron chi connectivity index (χ3n) is 5.87. The van der Waals surface area contributed by atoms with E-state index in [1.165, 1.54) is 104 Å². The van der Waals surface area contributed by atoms with E-state index in [0.717, 1.165) is 12.4 Å². The van der Waals surface area contributed by atoms with E-state index in [9.17, 15) is 0 Å². The Bertz CT molecular complexity index is 234. The summed E-state index contributed by atoms with van der Waals surface area (Å²) in [7, 11) is 1.47. The monoisotopic (exact) mass is 307 g/mol. The molecule has 1 fully saturated rings. The van der Waals surface area contributed by atoms with Gasteiger partial charge in [0.2, 0.25) is 0 Å². The van der Waals surface area contributed by atoms with E-state index >= 15 is 0 Å². The minimum atomic E-state index is 0.608. The van der Waals surface area contributed by atoms with Gasteiger partial charge in [-0.1, -0.05) is 115 Å². The van der Waals surface area contributed by atoms with Crippen LogP contribution in [0.2, 0.25) is 11.1 Å². The predicted octanol–water partition coefficient (Wildman–Crippen LogP) is 6.23. The van der Waals surface area contributed by atoms with E-state index in [4.69, 9.17) is 5.73 Å². The normalized spacial score (nSPS) is 21.8. The molecule has 1 unspecified atom stereocenters. The van der Waals surface area contributed by atoms with Crippen LogP contribution >= 0.6 is 0 Å². The summed E-state index contributed by atoms with van der Waals surface area (Å²) in [6, 6.07) is 0. The molecule has 0 aromatic carbocycles. The first-order valence-corrected chi connectivity index (χ1v) is 10.4. The second kappa shape index (κ2) is 12.4. The Kier molecular flexibility index (Phi) is 11.4. The van der Waals surface area contributed by atoms with E-state index in [0.29, 0.717) is 5.31 Å². The molecule has 1 atom stereocenters. The molecule has 0 aromatic heterocycles. The highest BCUT2D eigenvalue weighted by Gasteiger charge is 2.28. The van der Waals surface area contributed by atoms with Crippen LogP contribution < -0.4 is 5.73 Å². The van der Waals surface area contributed by atoms with Crippen molar-refractivity contribution in [3.63, 3.8) is 0 Å². The molecule has 0 spiro atoms. The molecular weight excluding hydrogens is 265 g/mol. The SMILES string of the molecule is CCCCC(BC1(C)CCCCCCCCCC1)CCCN. The highest BCUT2D eigenvalue weighted by Crippen LogP contribution is 2.42. The lowest BCUT2D eigenvalue weighted by molar-refractivity contribution is 0.451. The zero-order valence-electron chi connectivity index (χ0n) is 15.7. The number of hydrogen-bond donors (Lipinski definition) is 1. The number of rotatable bonds is 8.